The normalized spacial score (nSPS) is 10.1. The number of para-hydroxylation sites is 1. The lowest BCUT2D eigenvalue weighted by Gasteiger charge is -2.15. The number of hydrogen-bond donors (Lipinski definition) is 2. The van der Waals surface area contributed by atoms with Gasteiger partial charge >= 0.3 is 0 Å². The average molecular weight is 222 g/mol. The van der Waals surface area contributed by atoms with Crippen molar-refractivity contribution in [3.05, 3.63) is 29.8 Å². The molecule has 0 radical (unpaired) electrons. The van der Waals surface area contributed by atoms with Gasteiger partial charge in [0.15, 0.2) is 5.11 Å². The molecule has 0 bridgehead atoms. The number of rotatable bonds is 3. The third-order valence-corrected chi connectivity index (χ3v) is 2.29. The molecule has 0 heterocycles. The highest BCUT2D eigenvalue weighted by molar-refractivity contribution is 7.80. The maximum absolute atomic E-state index is 5.20. The second-order valence-corrected chi connectivity index (χ2v) is 4.17. The number of nitrogens with one attached hydrogen (secondary N) is 2. The Bertz CT molecular complexity index is 334. The van der Waals surface area contributed by atoms with Gasteiger partial charge in [0, 0.05) is 11.7 Å². The first-order valence-corrected chi connectivity index (χ1v) is 5.69. The van der Waals surface area contributed by atoms with Gasteiger partial charge in [-0.05, 0) is 44.1 Å². The molecule has 2 N–H and O–H groups in total. The van der Waals surface area contributed by atoms with Gasteiger partial charge in [-0.25, -0.2) is 0 Å². The van der Waals surface area contributed by atoms with Gasteiger partial charge in [0.2, 0.25) is 0 Å². The SMILES string of the molecule is CCc1ccccc1NC(=S)NC(C)C. The van der Waals surface area contributed by atoms with Crippen LogP contribution in [-0.2, 0) is 6.42 Å². The van der Waals surface area contributed by atoms with Crippen molar-refractivity contribution in [2.24, 2.45) is 0 Å². The molecule has 0 saturated carbocycles. The Hall–Kier alpha value is -1.09. The first kappa shape index (κ1) is 12.0. The molecular weight excluding hydrogens is 204 g/mol. The predicted octanol–water partition coefficient (Wildman–Crippen LogP) is 2.94. The Morgan fingerprint density at radius 3 is 2.60 bits per heavy atom. The second kappa shape index (κ2) is 5.71. The minimum atomic E-state index is 0.360. The molecule has 0 atom stereocenters. The summed E-state index contributed by atoms with van der Waals surface area (Å²) in [5.74, 6) is 0. The molecule has 0 aliphatic rings. The van der Waals surface area contributed by atoms with E-state index in [-0.39, 0.29) is 0 Å². The van der Waals surface area contributed by atoms with E-state index in [0.717, 1.165) is 12.1 Å². The highest BCUT2D eigenvalue weighted by atomic mass is 32.1. The van der Waals surface area contributed by atoms with Crippen molar-refractivity contribution >= 4 is 23.0 Å². The molecule has 1 rings (SSSR count). The van der Waals surface area contributed by atoms with E-state index >= 15 is 0 Å². The monoisotopic (exact) mass is 222 g/mol. The molecule has 0 aliphatic heterocycles. The first-order valence-electron chi connectivity index (χ1n) is 5.29. The zero-order valence-electron chi connectivity index (χ0n) is 9.50. The van der Waals surface area contributed by atoms with Crippen LogP contribution in [0.2, 0.25) is 0 Å². The van der Waals surface area contributed by atoms with Crippen LogP contribution in [0.4, 0.5) is 5.69 Å². The molecule has 3 heteroatoms. The van der Waals surface area contributed by atoms with Gasteiger partial charge in [-0.15, -0.1) is 0 Å². The molecule has 82 valence electrons. The maximum Gasteiger partial charge on any atom is 0.170 e. The molecule has 0 fully saturated rings. The summed E-state index contributed by atoms with van der Waals surface area (Å²) in [5.41, 5.74) is 2.38. The van der Waals surface area contributed by atoms with E-state index in [1.165, 1.54) is 5.56 Å². The molecule has 0 aromatic heterocycles. The Labute approximate surface area is 97.1 Å². The standard InChI is InChI=1S/C12H18N2S/c1-4-10-7-5-6-8-11(10)14-12(15)13-9(2)3/h5-9H,4H2,1-3H3,(H2,13,14,15). The molecule has 15 heavy (non-hydrogen) atoms. The van der Waals surface area contributed by atoms with Crippen molar-refractivity contribution in [1.29, 1.82) is 0 Å². The van der Waals surface area contributed by atoms with Crippen molar-refractivity contribution in [1.82, 2.24) is 5.32 Å². The van der Waals surface area contributed by atoms with E-state index < -0.39 is 0 Å². The third kappa shape index (κ3) is 3.88. The van der Waals surface area contributed by atoms with Crippen LogP contribution >= 0.6 is 12.2 Å². The zero-order valence-corrected chi connectivity index (χ0v) is 10.3. The van der Waals surface area contributed by atoms with Gasteiger partial charge in [-0.1, -0.05) is 25.1 Å². The quantitative estimate of drug-likeness (QED) is 0.769. The van der Waals surface area contributed by atoms with Crippen LogP contribution in [0.3, 0.4) is 0 Å². The van der Waals surface area contributed by atoms with Crippen molar-refractivity contribution in [3.63, 3.8) is 0 Å². The third-order valence-electron chi connectivity index (χ3n) is 2.07. The van der Waals surface area contributed by atoms with E-state index in [1.54, 1.807) is 0 Å². The minimum Gasteiger partial charge on any atom is -0.360 e. The van der Waals surface area contributed by atoms with E-state index in [9.17, 15) is 0 Å². The fourth-order valence-electron chi connectivity index (χ4n) is 1.37. The highest BCUT2D eigenvalue weighted by Gasteiger charge is 2.02. The van der Waals surface area contributed by atoms with E-state index in [2.05, 4.69) is 37.5 Å². The fraction of sp³-hybridized carbons (Fsp3) is 0.417. The molecule has 1 aromatic carbocycles. The maximum atomic E-state index is 5.20. The lowest BCUT2D eigenvalue weighted by molar-refractivity contribution is 0.739. The first-order chi connectivity index (χ1) is 7.13. The van der Waals surface area contributed by atoms with Crippen LogP contribution in [0.1, 0.15) is 26.3 Å². The van der Waals surface area contributed by atoms with E-state index in [1.807, 2.05) is 18.2 Å². The molecule has 0 aliphatic carbocycles. The van der Waals surface area contributed by atoms with Crippen LogP contribution in [0.5, 0.6) is 0 Å². The smallest absolute Gasteiger partial charge is 0.170 e. The van der Waals surface area contributed by atoms with Gasteiger partial charge in [-0.3, -0.25) is 0 Å². The molecule has 0 saturated heterocycles. The van der Waals surface area contributed by atoms with Crippen molar-refractivity contribution in [2.75, 3.05) is 5.32 Å². The Morgan fingerprint density at radius 2 is 2.00 bits per heavy atom. The number of anilines is 1. The summed E-state index contributed by atoms with van der Waals surface area (Å²) in [4.78, 5) is 0. The summed E-state index contributed by atoms with van der Waals surface area (Å²) < 4.78 is 0. The van der Waals surface area contributed by atoms with Crippen LogP contribution in [-0.4, -0.2) is 11.2 Å². The Kier molecular flexibility index (Phi) is 4.56. The number of aryl methyl sites for hydroxylation is 1. The molecule has 0 amide bonds. The summed E-state index contributed by atoms with van der Waals surface area (Å²) in [5, 5.41) is 7.06. The van der Waals surface area contributed by atoms with Gasteiger partial charge in [0.1, 0.15) is 0 Å². The Morgan fingerprint density at radius 1 is 1.33 bits per heavy atom. The van der Waals surface area contributed by atoms with E-state index in [4.69, 9.17) is 12.2 Å². The molecular formula is C12H18N2S. The number of benzene rings is 1. The van der Waals surface area contributed by atoms with Crippen LogP contribution in [0.25, 0.3) is 0 Å². The molecule has 0 unspecified atom stereocenters. The van der Waals surface area contributed by atoms with Gasteiger partial charge < -0.3 is 10.6 Å². The van der Waals surface area contributed by atoms with Gasteiger partial charge in [0.05, 0.1) is 0 Å². The predicted molar refractivity (Wildman–Crippen MR) is 70.3 cm³/mol. The summed E-state index contributed by atoms with van der Waals surface area (Å²) in [6.07, 6.45) is 1.01. The number of thiocarbonyl (C=S) groups is 1. The van der Waals surface area contributed by atoms with Crippen LogP contribution in [0, 0.1) is 0 Å². The fourth-order valence-corrected chi connectivity index (χ4v) is 1.72. The second-order valence-electron chi connectivity index (χ2n) is 3.76. The van der Waals surface area contributed by atoms with E-state index in [0.29, 0.717) is 11.2 Å². The van der Waals surface area contributed by atoms with Crippen molar-refractivity contribution in [3.8, 4) is 0 Å². The highest BCUT2D eigenvalue weighted by Crippen LogP contribution is 2.15. The van der Waals surface area contributed by atoms with Crippen LogP contribution < -0.4 is 10.6 Å². The summed E-state index contributed by atoms with van der Waals surface area (Å²) in [7, 11) is 0. The van der Waals surface area contributed by atoms with Gasteiger partial charge in [0.25, 0.3) is 0 Å². The minimum absolute atomic E-state index is 0.360. The van der Waals surface area contributed by atoms with Crippen molar-refractivity contribution in [2.45, 2.75) is 33.2 Å². The van der Waals surface area contributed by atoms with Crippen LogP contribution in [0.15, 0.2) is 24.3 Å². The topological polar surface area (TPSA) is 24.1 Å². The average Bonchev–Trinajstić information content (AvgIpc) is 2.17. The summed E-state index contributed by atoms with van der Waals surface area (Å²) in [6, 6.07) is 8.58. The van der Waals surface area contributed by atoms with Crippen molar-refractivity contribution < 1.29 is 0 Å². The largest absolute Gasteiger partial charge is 0.360 e. The Balaban J connectivity index is 2.67. The molecule has 1 aromatic rings. The molecule has 0 spiro atoms. The lowest BCUT2D eigenvalue weighted by Crippen LogP contribution is -2.34. The number of hydrogen-bond acceptors (Lipinski definition) is 1. The zero-order chi connectivity index (χ0) is 11.3. The summed E-state index contributed by atoms with van der Waals surface area (Å²) >= 11 is 5.20. The lowest BCUT2D eigenvalue weighted by atomic mass is 10.1. The summed E-state index contributed by atoms with van der Waals surface area (Å²) in [6.45, 7) is 6.28. The molecule has 2 nitrogen and oxygen atoms in total. The van der Waals surface area contributed by atoms with Gasteiger partial charge in [-0.2, -0.15) is 0 Å².